The van der Waals surface area contributed by atoms with Gasteiger partial charge >= 0.3 is 0 Å². The van der Waals surface area contributed by atoms with Gasteiger partial charge in [0.1, 0.15) is 5.75 Å². The van der Waals surface area contributed by atoms with Gasteiger partial charge in [-0.25, -0.2) is 0 Å². The average molecular weight is 315 g/mol. The van der Waals surface area contributed by atoms with Gasteiger partial charge in [0.15, 0.2) is 5.78 Å². The minimum Gasteiger partial charge on any atom is -0.497 e. The molecular formula is C18H25NO2Si. The Kier molecular flexibility index (Phi) is 5.24. The minimum atomic E-state index is -1.18. The zero-order valence-corrected chi connectivity index (χ0v) is 14.9. The zero-order valence-electron chi connectivity index (χ0n) is 13.9. The van der Waals surface area contributed by atoms with Crippen LogP contribution in [0.15, 0.2) is 48.3 Å². The predicted octanol–water partition coefficient (Wildman–Crippen LogP) is 3.96. The molecule has 0 fully saturated rings. The molecule has 1 aromatic carbocycles. The number of carbonyl (C=O) groups is 1. The molecule has 1 heterocycles. The molecule has 0 spiro atoms. The van der Waals surface area contributed by atoms with Crippen molar-refractivity contribution < 1.29 is 9.53 Å². The number of rotatable bonds is 5. The van der Waals surface area contributed by atoms with E-state index in [1.54, 1.807) is 13.2 Å². The Morgan fingerprint density at radius 3 is 2.55 bits per heavy atom. The molecule has 0 saturated heterocycles. The van der Waals surface area contributed by atoms with E-state index in [4.69, 9.17) is 4.74 Å². The number of ketones is 1. The molecular weight excluding hydrogens is 290 g/mol. The van der Waals surface area contributed by atoms with Gasteiger partial charge in [-0.1, -0.05) is 43.5 Å². The van der Waals surface area contributed by atoms with E-state index >= 15 is 0 Å². The molecule has 118 valence electrons. The fourth-order valence-electron chi connectivity index (χ4n) is 2.51. The molecule has 0 aromatic heterocycles. The summed E-state index contributed by atoms with van der Waals surface area (Å²) in [5.74, 6) is 1.03. The summed E-state index contributed by atoms with van der Waals surface area (Å²) < 4.78 is 5.21. The predicted molar refractivity (Wildman–Crippen MR) is 93.7 cm³/mol. The molecule has 0 radical (unpaired) electrons. The lowest BCUT2D eigenvalue weighted by Gasteiger charge is -2.32. The van der Waals surface area contributed by atoms with E-state index < -0.39 is 8.07 Å². The van der Waals surface area contributed by atoms with Crippen LogP contribution in [0.4, 0.5) is 0 Å². The third kappa shape index (κ3) is 4.60. The molecule has 4 heteroatoms. The van der Waals surface area contributed by atoms with Crippen LogP contribution in [-0.2, 0) is 4.79 Å². The highest BCUT2D eigenvalue weighted by Gasteiger charge is 2.23. The van der Waals surface area contributed by atoms with Gasteiger partial charge in [0, 0.05) is 19.2 Å². The van der Waals surface area contributed by atoms with Crippen LogP contribution in [0.25, 0.3) is 0 Å². The Labute approximate surface area is 134 Å². The first-order chi connectivity index (χ1) is 10.4. The monoisotopic (exact) mass is 315 g/mol. The normalized spacial score (nSPS) is 19.0. The van der Waals surface area contributed by atoms with Crippen molar-refractivity contribution in [1.82, 2.24) is 4.90 Å². The molecule has 2 rings (SSSR count). The van der Waals surface area contributed by atoms with Crippen LogP contribution in [0.1, 0.15) is 18.0 Å². The van der Waals surface area contributed by atoms with E-state index in [0.29, 0.717) is 6.42 Å². The molecule has 0 amide bonds. The molecule has 0 aliphatic carbocycles. The summed E-state index contributed by atoms with van der Waals surface area (Å²) in [6.45, 7) is 7.80. The van der Waals surface area contributed by atoms with E-state index in [1.807, 2.05) is 30.5 Å². The van der Waals surface area contributed by atoms with Crippen molar-refractivity contribution >= 4 is 13.9 Å². The van der Waals surface area contributed by atoms with Crippen LogP contribution in [-0.4, -0.2) is 32.4 Å². The molecule has 1 aliphatic heterocycles. The topological polar surface area (TPSA) is 29.5 Å². The van der Waals surface area contributed by atoms with Crippen molar-refractivity contribution in [2.24, 2.45) is 0 Å². The standard InChI is InChI=1S/C18H25NO2Si/c1-21-17-8-6-15(7-9-17)18-14-16(20)10-12-19(18)11-5-13-22(2,3)4/h5-10,12-13,18H,11,14H2,1-4H3/b13-5+. The lowest BCUT2D eigenvalue weighted by molar-refractivity contribution is -0.116. The second kappa shape index (κ2) is 6.96. The number of methoxy groups -OCH3 is 1. The maximum atomic E-state index is 11.8. The number of hydrogen-bond acceptors (Lipinski definition) is 3. The second-order valence-corrected chi connectivity index (χ2v) is 11.8. The van der Waals surface area contributed by atoms with E-state index in [0.717, 1.165) is 17.9 Å². The van der Waals surface area contributed by atoms with Crippen molar-refractivity contribution in [2.45, 2.75) is 32.1 Å². The summed E-state index contributed by atoms with van der Waals surface area (Å²) in [6.07, 6.45) is 6.38. The number of nitrogens with zero attached hydrogens (tertiary/aromatic N) is 1. The summed E-state index contributed by atoms with van der Waals surface area (Å²) in [5, 5.41) is 0. The van der Waals surface area contributed by atoms with Crippen LogP contribution in [0.2, 0.25) is 19.6 Å². The lowest BCUT2D eigenvalue weighted by Crippen LogP contribution is -2.29. The summed E-state index contributed by atoms with van der Waals surface area (Å²) >= 11 is 0. The first-order valence-electron chi connectivity index (χ1n) is 7.67. The van der Waals surface area contributed by atoms with Gasteiger partial charge < -0.3 is 9.64 Å². The highest BCUT2D eigenvalue weighted by Crippen LogP contribution is 2.29. The second-order valence-electron chi connectivity index (χ2n) is 6.74. The average Bonchev–Trinajstić information content (AvgIpc) is 2.47. The van der Waals surface area contributed by atoms with Gasteiger partial charge in [-0.15, -0.1) is 0 Å². The van der Waals surface area contributed by atoms with Crippen molar-refractivity contribution in [3.8, 4) is 5.75 Å². The number of allylic oxidation sites excluding steroid dienone is 1. The van der Waals surface area contributed by atoms with Gasteiger partial charge in [0.05, 0.1) is 21.2 Å². The van der Waals surface area contributed by atoms with Gasteiger partial charge in [0.25, 0.3) is 0 Å². The van der Waals surface area contributed by atoms with Crippen LogP contribution >= 0.6 is 0 Å². The van der Waals surface area contributed by atoms with Gasteiger partial charge in [-0.3, -0.25) is 4.79 Å². The molecule has 1 aromatic rings. The summed E-state index contributed by atoms with van der Waals surface area (Å²) in [6, 6.07) is 8.10. The fraction of sp³-hybridized carbons (Fsp3) is 0.389. The number of benzene rings is 1. The zero-order chi connectivity index (χ0) is 16.2. The Balaban J connectivity index is 2.16. The van der Waals surface area contributed by atoms with Crippen molar-refractivity contribution in [1.29, 1.82) is 0 Å². The number of ether oxygens (including phenoxy) is 1. The van der Waals surface area contributed by atoms with Crippen LogP contribution in [0, 0.1) is 0 Å². The quantitative estimate of drug-likeness (QED) is 0.770. The summed E-state index contributed by atoms with van der Waals surface area (Å²) in [4.78, 5) is 14.0. The molecule has 3 nitrogen and oxygen atoms in total. The van der Waals surface area contributed by atoms with Gasteiger partial charge in [0.2, 0.25) is 0 Å². The van der Waals surface area contributed by atoms with Gasteiger partial charge in [-0.2, -0.15) is 0 Å². The first kappa shape index (κ1) is 16.6. The van der Waals surface area contributed by atoms with Crippen molar-refractivity contribution in [3.63, 3.8) is 0 Å². The maximum Gasteiger partial charge on any atom is 0.159 e. The molecule has 1 atom stereocenters. The largest absolute Gasteiger partial charge is 0.497 e. The lowest BCUT2D eigenvalue weighted by atomic mass is 9.97. The SMILES string of the molecule is COc1ccc(C2CC(=O)C=CN2C/C=C/[Si](C)(C)C)cc1. The van der Waals surface area contributed by atoms with E-state index in [-0.39, 0.29) is 11.8 Å². The van der Waals surface area contributed by atoms with E-state index in [1.165, 1.54) is 0 Å². The number of carbonyl (C=O) groups excluding carboxylic acids is 1. The highest BCUT2D eigenvalue weighted by atomic mass is 28.3. The molecule has 1 unspecified atom stereocenters. The van der Waals surface area contributed by atoms with Crippen molar-refractivity contribution in [3.05, 3.63) is 53.9 Å². The van der Waals surface area contributed by atoms with Crippen molar-refractivity contribution in [2.75, 3.05) is 13.7 Å². The molecule has 1 aliphatic rings. The summed E-state index contributed by atoms with van der Waals surface area (Å²) in [5.41, 5.74) is 3.50. The van der Waals surface area contributed by atoms with Crippen LogP contribution in [0.3, 0.4) is 0 Å². The summed E-state index contributed by atoms with van der Waals surface area (Å²) in [7, 11) is 0.478. The van der Waals surface area contributed by atoms with Gasteiger partial charge in [-0.05, 0) is 23.8 Å². The van der Waals surface area contributed by atoms with E-state index in [9.17, 15) is 4.79 Å². The maximum absolute atomic E-state index is 11.8. The van der Waals surface area contributed by atoms with Crippen LogP contribution < -0.4 is 4.74 Å². The Bertz CT molecular complexity index is 570. The Hall–Kier alpha value is -1.81. The highest BCUT2D eigenvalue weighted by molar-refractivity contribution is 6.80. The molecule has 22 heavy (non-hydrogen) atoms. The molecule has 0 N–H and O–H groups in total. The molecule has 0 saturated carbocycles. The third-order valence-corrected chi connectivity index (χ3v) is 4.92. The Morgan fingerprint density at radius 1 is 1.27 bits per heavy atom. The fourth-order valence-corrected chi connectivity index (χ4v) is 3.32. The minimum absolute atomic E-state index is 0.106. The molecule has 0 bridgehead atoms. The van der Waals surface area contributed by atoms with Crippen LogP contribution in [0.5, 0.6) is 5.75 Å². The Morgan fingerprint density at radius 2 is 1.95 bits per heavy atom. The smallest absolute Gasteiger partial charge is 0.159 e. The van der Waals surface area contributed by atoms with E-state index in [2.05, 4.69) is 36.3 Å². The third-order valence-electron chi connectivity index (χ3n) is 3.68. The first-order valence-corrected chi connectivity index (χ1v) is 11.3. The number of hydrogen-bond donors (Lipinski definition) is 0.